The van der Waals surface area contributed by atoms with E-state index in [1.54, 1.807) is 0 Å². The van der Waals surface area contributed by atoms with Crippen LogP contribution in [0.4, 0.5) is 0 Å². The van der Waals surface area contributed by atoms with Crippen LogP contribution in [0.3, 0.4) is 0 Å². The monoisotopic (exact) mass is 192 g/mol. The molecule has 0 aliphatic carbocycles. The van der Waals surface area contributed by atoms with Gasteiger partial charge in [0.05, 0.1) is 12.7 Å². The summed E-state index contributed by atoms with van der Waals surface area (Å²) in [6.45, 7) is 3.49. The van der Waals surface area contributed by atoms with Crippen LogP contribution in [0.2, 0.25) is 0 Å². The third kappa shape index (κ3) is 2.98. The molecule has 1 aromatic rings. The number of aliphatic hydroxyl groups is 2. The van der Waals surface area contributed by atoms with Crippen molar-refractivity contribution in [1.29, 1.82) is 0 Å². The van der Waals surface area contributed by atoms with Crippen LogP contribution in [0.5, 0.6) is 0 Å². The summed E-state index contributed by atoms with van der Waals surface area (Å²) < 4.78 is 0. The van der Waals surface area contributed by atoms with E-state index in [-0.39, 0.29) is 6.61 Å². The zero-order valence-electron chi connectivity index (χ0n) is 8.19. The smallest absolute Gasteiger partial charge is 0.0811 e. The van der Waals surface area contributed by atoms with Gasteiger partial charge >= 0.3 is 0 Å². The molecule has 0 saturated carbocycles. The van der Waals surface area contributed by atoms with Crippen molar-refractivity contribution in [3.63, 3.8) is 0 Å². The summed E-state index contributed by atoms with van der Waals surface area (Å²) in [4.78, 5) is 0. The van der Waals surface area contributed by atoms with Crippen molar-refractivity contribution in [3.05, 3.63) is 48.0 Å². The fourth-order valence-electron chi connectivity index (χ4n) is 1.43. The maximum atomic E-state index is 9.33. The Bertz CT molecular complexity index is 294. The first-order chi connectivity index (χ1) is 6.77. The number of benzene rings is 1. The van der Waals surface area contributed by atoms with Gasteiger partial charge in [0.1, 0.15) is 0 Å². The Morgan fingerprint density at radius 3 is 2.50 bits per heavy atom. The summed E-state index contributed by atoms with van der Waals surface area (Å²) in [6, 6.07) is 7.89. The van der Waals surface area contributed by atoms with E-state index in [1.807, 2.05) is 30.3 Å². The fraction of sp³-hybridized carbons (Fsp3) is 0.333. The van der Waals surface area contributed by atoms with Gasteiger partial charge in [-0.05, 0) is 17.5 Å². The normalized spacial score (nSPS) is 12.4. The standard InChI is InChI=1S/C12H16O2/c1-2-5-10-6-3-4-7-11(10)8-12(14)9-13/h2-4,6-7,12-14H,1,5,8-9H2. The molecule has 0 bridgehead atoms. The SMILES string of the molecule is C=CCc1ccccc1CC(O)CO. The van der Waals surface area contributed by atoms with Gasteiger partial charge in [-0.3, -0.25) is 0 Å². The maximum Gasteiger partial charge on any atom is 0.0811 e. The highest BCUT2D eigenvalue weighted by Gasteiger charge is 2.06. The molecule has 0 fully saturated rings. The molecular weight excluding hydrogens is 176 g/mol. The quantitative estimate of drug-likeness (QED) is 0.691. The Morgan fingerprint density at radius 1 is 1.29 bits per heavy atom. The highest BCUT2D eigenvalue weighted by atomic mass is 16.3. The van der Waals surface area contributed by atoms with Gasteiger partial charge in [0.25, 0.3) is 0 Å². The van der Waals surface area contributed by atoms with Gasteiger partial charge in [-0.15, -0.1) is 6.58 Å². The molecule has 2 N–H and O–H groups in total. The van der Waals surface area contributed by atoms with E-state index in [1.165, 1.54) is 0 Å². The van der Waals surface area contributed by atoms with E-state index in [9.17, 15) is 5.11 Å². The zero-order valence-corrected chi connectivity index (χ0v) is 8.19. The van der Waals surface area contributed by atoms with E-state index >= 15 is 0 Å². The van der Waals surface area contributed by atoms with Crippen LogP contribution < -0.4 is 0 Å². The average Bonchev–Trinajstić information content (AvgIpc) is 2.21. The summed E-state index contributed by atoms with van der Waals surface area (Å²) in [6.07, 6.45) is 2.47. The molecule has 1 rings (SSSR count). The molecule has 2 heteroatoms. The van der Waals surface area contributed by atoms with E-state index in [4.69, 9.17) is 5.11 Å². The molecule has 1 unspecified atom stereocenters. The summed E-state index contributed by atoms with van der Waals surface area (Å²) in [5, 5.41) is 18.1. The van der Waals surface area contributed by atoms with Crippen LogP contribution in [-0.4, -0.2) is 22.9 Å². The van der Waals surface area contributed by atoms with Gasteiger partial charge in [-0.25, -0.2) is 0 Å². The number of rotatable bonds is 5. The first kappa shape index (κ1) is 11.0. The first-order valence-corrected chi connectivity index (χ1v) is 4.74. The third-order valence-electron chi connectivity index (χ3n) is 2.15. The predicted octanol–water partition coefficient (Wildman–Crippen LogP) is 1.31. The minimum atomic E-state index is -0.666. The van der Waals surface area contributed by atoms with Crippen LogP contribution in [0.1, 0.15) is 11.1 Å². The summed E-state index contributed by atoms with van der Waals surface area (Å²) in [7, 11) is 0. The lowest BCUT2D eigenvalue weighted by molar-refractivity contribution is 0.0953. The van der Waals surface area contributed by atoms with Crippen molar-refractivity contribution >= 4 is 0 Å². The molecule has 0 aromatic heterocycles. The highest BCUT2D eigenvalue weighted by molar-refractivity contribution is 5.29. The number of allylic oxidation sites excluding steroid dienone is 1. The van der Waals surface area contributed by atoms with Crippen molar-refractivity contribution in [2.45, 2.75) is 18.9 Å². The minimum Gasteiger partial charge on any atom is -0.394 e. The first-order valence-electron chi connectivity index (χ1n) is 4.74. The maximum absolute atomic E-state index is 9.33. The molecule has 14 heavy (non-hydrogen) atoms. The molecular formula is C12H16O2. The van der Waals surface area contributed by atoms with Crippen molar-refractivity contribution in [3.8, 4) is 0 Å². The lowest BCUT2D eigenvalue weighted by Gasteiger charge is -2.10. The molecule has 76 valence electrons. The van der Waals surface area contributed by atoms with Crippen molar-refractivity contribution in [2.75, 3.05) is 6.61 Å². The Balaban J connectivity index is 2.78. The minimum absolute atomic E-state index is 0.192. The van der Waals surface area contributed by atoms with E-state index in [0.717, 1.165) is 17.5 Å². The fourth-order valence-corrected chi connectivity index (χ4v) is 1.43. The Hall–Kier alpha value is -1.12. The van der Waals surface area contributed by atoms with E-state index in [0.29, 0.717) is 6.42 Å². The summed E-state index contributed by atoms with van der Waals surface area (Å²) >= 11 is 0. The second-order valence-corrected chi connectivity index (χ2v) is 3.30. The zero-order chi connectivity index (χ0) is 10.4. The molecule has 1 atom stereocenters. The third-order valence-corrected chi connectivity index (χ3v) is 2.15. The predicted molar refractivity (Wildman–Crippen MR) is 57.1 cm³/mol. The number of hydrogen-bond donors (Lipinski definition) is 2. The molecule has 0 radical (unpaired) electrons. The molecule has 0 heterocycles. The van der Waals surface area contributed by atoms with Crippen molar-refractivity contribution in [1.82, 2.24) is 0 Å². The van der Waals surface area contributed by atoms with Crippen molar-refractivity contribution < 1.29 is 10.2 Å². The molecule has 2 nitrogen and oxygen atoms in total. The molecule has 0 amide bonds. The molecule has 0 saturated heterocycles. The number of aliphatic hydroxyl groups excluding tert-OH is 2. The van der Waals surface area contributed by atoms with Crippen LogP contribution in [0.15, 0.2) is 36.9 Å². The Labute approximate surface area is 84.5 Å². The topological polar surface area (TPSA) is 40.5 Å². The Kier molecular flexibility index (Phi) is 4.36. The molecule has 0 aliphatic heterocycles. The van der Waals surface area contributed by atoms with E-state index < -0.39 is 6.10 Å². The average molecular weight is 192 g/mol. The second kappa shape index (κ2) is 5.58. The highest BCUT2D eigenvalue weighted by Crippen LogP contribution is 2.12. The summed E-state index contributed by atoms with van der Waals surface area (Å²) in [5.41, 5.74) is 2.24. The van der Waals surface area contributed by atoms with Gasteiger partial charge in [0.15, 0.2) is 0 Å². The Morgan fingerprint density at radius 2 is 1.93 bits per heavy atom. The van der Waals surface area contributed by atoms with E-state index in [2.05, 4.69) is 6.58 Å². The molecule has 0 aliphatic rings. The molecule has 0 spiro atoms. The van der Waals surface area contributed by atoms with Crippen LogP contribution in [0, 0.1) is 0 Å². The van der Waals surface area contributed by atoms with Gasteiger partial charge in [-0.1, -0.05) is 30.3 Å². The van der Waals surface area contributed by atoms with Gasteiger partial charge < -0.3 is 10.2 Å². The number of hydrogen-bond acceptors (Lipinski definition) is 2. The lowest BCUT2D eigenvalue weighted by atomic mass is 10.00. The van der Waals surface area contributed by atoms with Crippen LogP contribution >= 0.6 is 0 Å². The second-order valence-electron chi connectivity index (χ2n) is 3.30. The van der Waals surface area contributed by atoms with Gasteiger partial charge in [0, 0.05) is 6.42 Å². The van der Waals surface area contributed by atoms with Crippen LogP contribution in [-0.2, 0) is 12.8 Å². The summed E-state index contributed by atoms with van der Waals surface area (Å²) in [5.74, 6) is 0. The van der Waals surface area contributed by atoms with Gasteiger partial charge in [0.2, 0.25) is 0 Å². The lowest BCUT2D eigenvalue weighted by Crippen LogP contribution is -2.16. The van der Waals surface area contributed by atoms with Crippen LogP contribution in [0.25, 0.3) is 0 Å². The van der Waals surface area contributed by atoms with Gasteiger partial charge in [-0.2, -0.15) is 0 Å². The molecule has 1 aromatic carbocycles. The largest absolute Gasteiger partial charge is 0.394 e. The van der Waals surface area contributed by atoms with Crippen molar-refractivity contribution in [2.24, 2.45) is 0 Å².